The highest BCUT2D eigenvalue weighted by Crippen LogP contribution is 2.32. The Bertz CT molecular complexity index is 902. The van der Waals surface area contributed by atoms with Crippen LogP contribution >= 0.6 is 0 Å². The Morgan fingerprint density at radius 3 is 2.24 bits per heavy atom. The normalized spacial score (nSPS) is 20.9. The first-order valence-electron chi connectivity index (χ1n) is 9.92. The van der Waals surface area contributed by atoms with Crippen molar-refractivity contribution in [2.45, 2.75) is 31.2 Å². The molecule has 2 aromatic carbocycles. The van der Waals surface area contributed by atoms with Gasteiger partial charge in [0.15, 0.2) is 0 Å². The minimum atomic E-state index is -0.449. The Kier molecular flexibility index (Phi) is 5.45. The summed E-state index contributed by atoms with van der Waals surface area (Å²) in [4.78, 5) is 40.6. The lowest BCUT2D eigenvalue weighted by Gasteiger charge is -2.35. The number of piperidine rings is 1. The molecule has 2 aliphatic heterocycles. The average Bonchev–Trinajstić information content (AvgIpc) is 3.08. The van der Waals surface area contributed by atoms with Gasteiger partial charge in [0, 0.05) is 0 Å². The number of nitrogens with zero attached hydrogens (tertiary/aromatic N) is 2. The Morgan fingerprint density at radius 2 is 1.62 bits per heavy atom. The molecule has 0 unspecified atom stereocenters. The highest BCUT2D eigenvalue weighted by molar-refractivity contribution is 6.22. The third-order valence-electron chi connectivity index (χ3n) is 5.91. The molecule has 2 fully saturated rings. The highest BCUT2D eigenvalue weighted by atomic mass is 16.5. The van der Waals surface area contributed by atoms with Crippen LogP contribution in [0.3, 0.4) is 0 Å². The van der Waals surface area contributed by atoms with Crippen molar-refractivity contribution in [1.29, 1.82) is 0 Å². The van der Waals surface area contributed by atoms with E-state index in [9.17, 15) is 14.4 Å². The minimum absolute atomic E-state index is 0.182. The molecule has 1 atom stereocenters. The largest absolute Gasteiger partial charge is 0.465 e. The molecule has 150 valence electrons. The molecule has 0 N–H and O–H groups in total. The van der Waals surface area contributed by atoms with Crippen molar-refractivity contribution in [3.63, 3.8) is 0 Å². The van der Waals surface area contributed by atoms with Crippen LogP contribution < -0.4 is 4.90 Å². The van der Waals surface area contributed by atoms with Gasteiger partial charge in [0.1, 0.15) is 0 Å². The lowest BCUT2D eigenvalue weighted by Crippen LogP contribution is -2.45. The quantitative estimate of drug-likeness (QED) is 0.591. The van der Waals surface area contributed by atoms with E-state index in [0.717, 1.165) is 25.9 Å². The van der Waals surface area contributed by atoms with Crippen LogP contribution in [-0.2, 0) is 14.3 Å². The smallest absolute Gasteiger partial charge is 0.337 e. The lowest BCUT2D eigenvalue weighted by molar-refractivity contribution is -0.123. The van der Waals surface area contributed by atoms with Crippen LogP contribution in [0, 0.1) is 0 Å². The van der Waals surface area contributed by atoms with Crippen molar-refractivity contribution in [2.75, 3.05) is 25.1 Å². The van der Waals surface area contributed by atoms with Crippen LogP contribution in [0.25, 0.3) is 0 Å². The average molecular weight is 392 g/mol. The van der Waals surface area contributed by atoms with Gasteiger partial charge >= 0.3 is 5.97 Å². The summed E-state index contributed by atoms with van der Waals surface area (Å²) in [6.07, 6.45) is 2.17. The number of imide groups is 1. The summed E-state index contributed by atoms with van der Waals surface area (Å²) in [7, 11) is 1.31. The summed E-state index contributed by atoms with van der Waals surface area (Å²) in [6, 6.07) is 16.4. The van der Waals surface area contributed by atoms with Gasteiger partial charge in [-0.05, 0) is 61.7 Å². The molecule has 4 rings (SSSR count). The van der Waals surface area contributed by atoms with Crippen LogP contribution in [0.15, 0.2) is 54.6 Å². The number of hydrogen-bond acceptors (Lipinski definition) is 5. The maximum atomic E-state index is 13.0. The van der Waals surface area contributed by atoms with Gasteiger partial charge in [-0.1, -0.05) is 30.3 Å². The molecule has 2 saturated heterocycles. The number of esters is 1. The van der Waals surface area contributed by atoms with Gasteiger partial charge in [0.25, 0.3) is 5.91 Å². The molecule has 0 saturated carbocycles. The zero-order valence-electron chi connectivity index (χ0n) is 16.4. The fourth-order valence-electron chi connectivity index (χ4n) is 4.31. The van der Waals surface area contributed by atoms with E-state index in [1.807, 2.05) is 6.07 Å². The first-order valence-corrected chi connectivity index (χ1v) is 9.92. The molecule has 2 heterocycles. The third kappa shape index (κ3) is 3.80. The molecule has 0 radical (unpaired) electrons. The van der Waals surface area contributed by atoms with E-state index in [-0.39, 0.29) is 18.2 Å². The van der Waals surface area contributed by atoms with Crippen molar-refractivity contribution < 1.29 is 19.1 Å². The molecular weight excluding hydrogens is 368 g/mol. The van der Waals surface area contributed by atoms with E-state index in [1.54, 1.807) is 24.3 Å². The number of benzene rings is 2. The second-order valence-electron chi connectivity index (χ2n) is 7.55. The second kappa shape index (κ2) is 8.17. The summed E-state index contributed by atoms with van der Waals surface area (Å²) in [5.41, 5.74) is 2.22. The van der Waals surface area contributed by atoms with E-state index in [4.69, 9.17) is 0 Å². The van der Waals surface area contributed by atoms with Crippen LogP contribution in [0.4, 0.5) is 5.69 Å². The number of carbonyl (C=O) groups excluding carboxylic acids is 3. The highest BCUT2D eigenvalue weighted by Gasteiger charge is 2.43. The molecule has 6 heteroatoms. The SMILES string of the molecule is COC(=O)c1ccc(N2C(=O)C[C@@H](N3CCC(c4ccccc4)CC3)C2=O)cc1. The Labute approximate surface area is 170 Å². The van der Waals surface area contributed by atoms with E-state index in [0.29, 0.717) is 17.2 Å². The van der Waals surface area contributed by atoms with Crippen molar-refractivity contribution in [1.82, 2.24) is 4.90 Å². The maximum absolute atomic E-state index is 13.0. The summed E-state index contributed by atoms with van der Waals surface area (Å²) >= 11 is 0. The van der Waals surface area contributed by atoms with Gasteiger partial charge in [-0.2, -0.15) is 0 Å². The van der Waals surface area contributed by atoms with Gasteiger partial charge in [-0.15, -0.1) is 0 Å². The molecule has 29 heavy (non-hydrogen) atoms. The van der Waals surface area contributed by atoms with Gasteiger partial charge in [0.2, 0.25) is 5.91 Å². The van der Waals surface area contributed by atoms with Crippen LogP contribution in [-0.4, -0.2) is 48.9 Å². The molecule has 0 bridgehead atoms. The maximum Gasteiger partial charge on any atom is 0.337 e. The first kappa shape index (κ1) is 19.3. The number of likely N-dealkylation sites (tertiary alicyclic amines) is 1. The zero-order chi connectivity index (χ0) is 20.4. The monoisotopic (exact) mass is 392 g/mol. The summed E-state index contributed by atoms with van der Waals surface area (Å²) in [5.74, 6) is -0.327. The molecule has 2 aromatic rings. The topological polar surface area (TPSA) is 66.9 Å². The van der Waals surface area contributed by atoms with E-state index in [2.05, 4.69) is 33.9 Å². The number of carbonyl (C=O) groups is 3. The molecule has 0 aliphatic carbocycles. The van der Waals surface area contributed by atoms with Crippen molar-refractivity contribution in [3.05, 3.63) is 65.7 Å². The number of methoxy groups -OCH3 is 1. The standard InChI is InChI=1S/C23H24N2O4/c1-29-23(28)18-7-9-19(10-8-18)25-21(26)15-20(22(25)27)24-13-11-17(12-14-24)16-5-3-2-4-6-16/h2-10,17,20H,11-15H2,1H3/t20-/m1/s1. The molecule has 2 amide bonds. The number of hydrogen-bond donors (Lipinski definition) is 0. The second-order valence-corrected chi connectivity index (χ2v) is 7.55. The number of rotatable bonds is 4. The zero-order valence-corrected chi connectivity index (χ0v) is 16.4. The van der Waals surface area contributed by atoms with Crippen LogP contribution in [0.2, 0.25) is 0 Å². The Morgan fingerprint density at radius 1 is 0.966 bits per heavy atom. The fraction of sp³-hybridized carbons (Fsp3) is 0.348. The van der Waals surface area contributed by atoms with Gasteiger partial charge in [-0.25, -0.2) is 9.69 Å². The number of ether oxygens (including phenoxy) is 1. The number of amides is 2. The predicted molar refractivity (Wildman–Crippen MR) is 109 cm³/mol. The molecule has 0 aromatic heterocycles. The van der Waals surface area contributed by atoms with Crippen LogP contribution in [0.1, 0.15) is 41.1 Å². The molecule has 6 nitrogen and oxygen atoms in total. The fourth-order valence-corrected chi connectivity index (χ4v) is 4.31. The third-order valence-corrected chi connectivity index (χ3v) is 5.91. The molecule has 0 spiro atoms. The molecular formula is C23H24N2O4. The van der Waals surface area contributed by atoms with E-state index in [1.165, 1.54) is 17.6 Å². The minimum Gasteiger partial charge on any atom is -0.465 e. The van der Waals surface area contributed by atoms with E-state index < -0.39 is 12.0 Å². The first-order chi connectivity index (χ1) is 14.1. The Hall–Kier alpha value is -2.99. The van der Waals surface area contributed by atoms with Crippen molar-refractivity contribution >= 4 is 23.5 Å². The summed E-state index contributed by atoms with van der Waals surface area (Å²) in [6.45, 7) is 1.61. The van der Waals surface area contributed by atoms with Crippen molar-refractivity contribution in [2.24, 2.45) is 0 Å². The van der Waals surface area contributed by atoms with E-state index >= 15 is 0 Å². The molecule has 2 aliphatic rings. The summed E-state index contributed by atoms with van der Waals surface area (Å²) in [5, 5.41) is 0. The van der Waals surface area contributed by atoms with Gasteiger partial charge in [0.05, 0.1) is 30.8 Å². The summed E-state index contributed by atoms with van der Waals surface area (Å²) < 4.78 is 4.69. The predicted octanol–water partition coefficient (Wildman–Crippen LogP) is 2.98. The Balaban J connectivity index is 1.43. The van der Waals surface area contributed by atoms with Gasteiger partial charge < -0.3 is 4.74 Å². The lowest BCUT2D eigenvalue weighted by atomic mass is 9.89. The van der Waals surface area contributed by atoms with Crippen LogP contribution in [0.5, 0.6) is 0 Å². The van der Waals surface area contributed by atoms with Crippen molar-refractivity contribution in [3.8, 4) is 0 Å². The van der Waals surface area contributed by atoms with Gasteiger partial charge in [-0.3, -0.25) is 14.5 Å². The number of anilines is 1.